The topological polar surface area (TPSA) is 85.4 Å². The molecule has 0 atom stereocenters. The third kappa shape index (κ3) is 3.33. The predicted molar refractivity (Wildman–Crippen MR) is 118 cm³/mol. The molecule has 0 radical (unpaired) electrons. The van der Waals surface area contributed by atoms with E-state index in [-0.39, 0.29) is 5.91 Å². The van der Waals surface area contributed by atoms with Crippen molar-refractivity contribution in [1.82, 2.24) is 4.98 Å². The molecule has 7 heteroatoms. The van der Waals surface area contributed by atoms with Crippen molar-refractivity contribution in [2.24, 2.45) is 0 Å². The second-order valence-corrected chi connectivity index (χ2v) is 8.92. The monoisotopic (exact) mass is 408 g/mol. The highest BCUT2D eigenvalue weighted by Gasteiger charge is 2.31. The Balaban J connectivity index is 1.59. The lowest BCUT2D eigenvalue weighted by Crippen LogP contribution is -2.36. The standard InChI is InChI=1S/C22H25N5OS/c23-18-17-14-8-2-3-9-15(14)20(27-12-6-1-7-13-27)26-22(17)29-19(18)21(28)25-16-10-4-5-11-24-16/h4-5,10-11H,1-3,6-9,12-13,23H2,(H,24,25,28)/p+1. The maximum absolute atomic E-state index is 12.9. The minimum absolute atomic E-state index is 0.195. The fourth-order valence-electron chi connectivity index (χ4n) is 4.62. The van der Waals surface area contributed by atoms with Crippen LogP contribution in [0.25, 0.3) is 10.2 Å². The van der Waals surface area contributed by atoms with Gasteiger partial charge in [-0.05, 0) is 62.6 Å². The van der Waals surface area contributed by atoms with Gasteiger partial charge in [-0.2, -0.15) is 0 Å². The Labute approximate surface area is 174 Å². The number of rotatable bonds is 3. The summed E-state index contributed by atoms with van der Waals surface area (Å²) in [5, 5.41) is 3.93. The van der Waals surface area contributed by atoms with Gasteiger partial charge in [0.05, 0.1) is 24.2 Å². The smallest absolute Gasteiger partial charge is 0.278 e. The number of nitrogen functional groups attached to an aromatic ring is 1. The quantitative estimate of drug-likeness (QED) is 0.690. The van der Waals surface area contributed by atoms with Crippen molar-refractivity contribution in [2.75, 3.05) is 29.0 Å². The molecule has 4 heterocycles. The van der Waals surface area contributed by atoms with Gasteiger partial charge in [0.1, 0.15) is 10.7 Å². The van der Waals surface area contributed by atoms with Gasteiger partial charge in [-0.1, -0.05) is 17.4 Å². The number of thiophene rings is 1. The maximum Gasteiger partial charge on any atom is 0.278 e. The summed E-state index contributed by atoms with van der Waals surface area (Å²) in [4.78, 5) is 24.8. The van der Waals surface area contributed by atoms with Gasteiger partial charge in [0.2, 0.25) is 0 Å². The molecule has 0 spiro atoms. The van der Waals surface area contributed by atoms with E-state index in [4.69, 9.17) is 5.73 Å². The molecule has 1 aliphatic heterocycles. The number of pyridine rings is 2. The summed E-state index contributed by atoms with van der Waals surface area (Å²) in [5.41, 5.74) is 9.89. The summed E-state index contributed by atoms with van der Waals surface area (Å²) in [6.45, 7) is 2.20. The second kappa shape index (κ2) is 7.63. The highest BCUT2D eigenvalue weighted by Crippen LogP contribution is 2.40. The molecule has 1 amide bonds. The Bertz CT molecular complexity index is 1060. The van der Waals surface area contributed by atoms with Crippen LogP contribution in [0.4, 0.5) is 17.3 Å². The first-order valence-electron chi connectivity index (χ1n) is 10.5. The van der Waals surface area contributed by atoms with Crippen molar-refractivity contribution in [3.05, 3.63) is 40.4 Å². The van der Waals surface area contributed by atoms with Crippen LogP contribution in [0.1, 0.15) is 52.9 Å². The first-order valence-corrected chi connectivity index (χ1v) is 11.3. The molecule has 6 nitrogen and oxygen atoms in total. The molecule has 2 aliphatic rings. The Morgan fingerprint density at radius 1 is 1.10 bits per heavy atom. The Morgan fingerprint density at radius 3 is 2.66 bits per heavy atom. The number of nitrogens with one attached hydrogen (secondary N) is 2. The van der Waals surface area contributed by atoms with Crippen LogP contribution in [0.5, 0.6) is 0 Å². The van der Waals surface area contributed by atoms with E-state index in [1.807, 2.05) is 12.1 Å². The molecule has 0 bridgehead atoms. The number of aryl methyl sites for hydroxylation is 1. The zero-order valence-corrected chi connectivity index (χ0v) is 17.3. The lowest BCUT2D eigenvalue weighted by molar-refractivity contribution is -0.328. The lowest BCUT2D eigenvalue weighted by atomic mass is 9.89. The van der Waals surface area contributed by atoms with E-state index in [0.717, 1.165) is 36.1 Å². The van der Waals surface area contributed by atoms with E-state index >= 15 is 0 Å². The van der Waals surface area contributed by atoms with E-state index in [2.05, 4.69) is 20.2 Å². The third-order valence-corrected chi connectivity index (χ3v) is 7.14. The van der Waals surface area contributed by atoms with Crippen molar-refractivity contribution in [3.63, 3.8) is 0 Å². The minimum Gasteiger partial charge on any atom is -0.397 e. The number of aromatic amines is 1. The molecular weight excluding hydrogens is 382 g/mol. The molecule has 1 saturated heterocycles. The average Bonchev–Trinajstić information content (AvgIpc) is 3.11. The zero-order valence-electron chi connectivity index (χ0n) is 16.5. The number of nitrogens with two attached hydrogens (primary N) is 1. The molecule has 4 N–H and O–H groups in total. The zero-order chi connectivity index (χ0) is 19.8. The minimum atomic E-state index is -0.195. The lowest BCUT2D eigenvalue weighted by Gasteiger charge is -2.26. The molecule has 150 valence electrons. The van der Waals surface area contributed by atoms with Crippen molar-refractivity contribution in [3.8, 4) is 0 Å². The van der Waals surface area contributed by atoms with Gasteiger partial charge in [-0.15, -0.1) is 0 Å². The summed E-state index contributed by atoms with van der Waals surface area (Å²) < 4.78 is 0. The second-order valence-electron chi connectivity index (χ2n) is 7.90. The van der Waals surface area contributed by atoms with E-state index < -0.39 is 0 Å². The molecule has 29 heavy (non-hydrogen) atoms. The number of fused-ring (bicyclic) bond motifs is 3. The van der Waals surface area contributed by atoms with E-state index in [1.165, 1.54) is 60.4 Å². The molecule has 1 aliphatic carbocycles. The number of carbonyl (C=O) groups is 1. The summed E-state index contributed by atoms with van der Waals surface area (Å²) in [6.07, 6.45) is 9.96. The Morgan fingerprint density at radius 2 is 1.90 bits per heavy atom. The SMILES string of the molecule is Nc1c(C(=O)Nc2ccccn2)sc2[nH+]c(N3CCCCC3)c3c(c12)CCCC3. The molecule has 1 fully saturated rings. The largest absolute Gasteiger partial charge is 0.397 e. The van der Waals surface area contributed by atoms with Crippen LogP contribution in [0.15, 0.2) is 24.4 Å². The van der Waals surface area contributed by atoms with Crippen LogP contribution in [-0.4, -0.2) is 24.0 Å². The molecule has 0 unspecified atom stereocenters. The van der Waals surface area contributed by atoms with Crippen LogP contribution < -0.4 is 20.9 Å². The third-order valence-electron chi connectivity index (χ3n) is 6.02. The predicted octanol–water partition coefficient (Wildman–Crippen LogP) is 3.81. The van der Waals surface area contributed by atoms with Gasteiger partial charge in [0.25, 0.3) is 11.7 Å². The fraction of sp³-hybridized carbons (Fsp3) is 0.409. The number of carbonyl (C=O) groups excluding carboxylic acids is 1. The van der Waals surface area contributed by atoms with Gasteiger partial charge in [0, 0.05) is 11.8 Å². The number of H-pyrrole nitrogens is 1. The van der Waals surface area contributed by atoms with Crippen LogP contribution in [0.2, 0.25) is 0 Å². The number of amides is 1. The summed E-state index contributed by atoms with van der Waals surface area (Å²) in [6, 6.07) is 5.46. The number of hydrogen-bond acceptors (Lipinski definition) is 5. The Kier molecular flexibility index (Phi) is 4.83. The van der Waals surface area contributed by atoms with Crippen LogP contribution in [0.3, 0.4) is 0 Å². The van der Waals surface area contributed by atoms with Crippen LogP contribution in [0, 0.1) is 0 Å². The van der Waals surface area contributed by atoms with Gasteiger partial charge in [0.15, 0.2) is 4.83 Å². The molecule has 3 aromatic heterocycles. The number of hydrogen-bond donors (Lipinski definition) is 2. The molecule has 3 aromatic rings. The van der Waals surface area contributed by atoms with Crippen molar-refractivity contribution < 1.29 is 9.78 Å². The van der Waals surface area contributed by atoms with Crippen molar-refractivity contribution in [2.45, 2.75) is 44.9 Å². The summed E-state index contributed by atoms with van der Waals surface area (Å²) in [5.74, 6) is 1.60. The van der Waals surface area contributed by atoms with Crippen LogP contribution >= 0.6 is 11.3 Å². The highest BCUT2D eigenvalue weighted by atomic mass is 32.1. The van der Waals surface area contributed by atoms with Gasteiger partial charge in [-0.3, -0.25) is 9.69 Å². The van der Waals surface area contributed by atoms with Crippen molar-refractivity contribution in [1.29, 1.82) is 0 Å². The average molecular weight is 409 g/mol. The maximum atomic E-state index is 12.9. The Hall–Kier alpha value is -2.67. The van der Waals surface area contributed by atoms with Gasteiger partial charge in [-0.25, -0.2) is 9.97 Å². The normalized spacial score (nSPS) is 16.6. The summed E-state index contributed by atoms with van der Waals surface area (Å²) in [7, 11) is 0. The molecule has 0 saturated carbocycles. The first kappa shape index (κ1) is 18.4. The molecular formula is C22H26N5OS+. The van der Waals surface area contributed by atoms with Crippen molar-refractivity contribution >= 4 is 44.8 Å². The summed E-state index contributed by atoms with van der Waals surface area (Å²) >= 11 is 1.46. The first-order chi connectivity index (χ1) is 14.2. The fourth-order valence-corrected chi connectivity index (χ4v) is 5.67. The number of aromatic nitrogens is 2. The number of anilines is 3. The van der Waals surface area contributed by atoms with E-state index in [9.17, 15) is 4.79 Å². The van der Waals surface area contributed by atoms with Gasteiger partial charge < -0.3 is 11.1 Å². The van der Waals surface area contributed by atoms with Crippen LogP contribution in [-0.2, 0) is 12.8 Å². The molecule has 0 aromatic carbocycles. The van der Waals surface area contributed by atoms with Gasteiger partial charge >= 0.3 is 0 Å². The highest BCUT2D eigenvalue weighted by molar-refractivity contribution is 7.21. The van der Waals surface area contributed by atoms with E-state index in [1.54, 1.807) is 12.3 Å². The van der Waals surface area contributed by atoms with E-state index in [0.29, 0.717) is 16.4 Å². The molecule has 5 rings (SSSR count). The number of piperidine rings is 1. The number of nitrogens with zero attached hydrogens (tertiary/aromatic N) is 2.